The monoisotopic (exact) mass is 209 g/mol. The molecule has 1 aliphatic heterocycles. The van der Waals surface area contributed by atoms with E-state index in [1.807, 2.05) is 0 Å². The number of imidazole rings is 1. The van der Waals surface area contributed by atoms with E-state index >= 15 is 0 Å². The molecule has 0 radical (unpaired) electrons. The fraction of sp³-hybridized carbons (Fsp3) is 0.667. The van der Waals surface area contributed by atoms with Gasteiger partial charge in [-0.1, -0.05) is 4.98 Å². The molecule has 0 spiro atoms. The van der Waals surface area contributed by atoms with Gasteiger partial charge in [0, 0.05) is 0 Å². The second kappa shape index (κ2) is 3.03. The lowest BCUT2D eigenvalue weighted by molar-refractivity contribution is -0.397. The Morgan fingerprint density at radius 1 is 1.60 bits per heavy atom. The molecule has 1 saturated heterocycles. The van der Waals surface area contributed by atoms with E-state index in [0.29, 0.717) is 6.10 Å². The zero-order valence-electron chi connectivity index (χ0n) is 8.07. The predicted molar refractivity (Wildman–Crippen MR) is 50.4 cm³/mol. The van der Waals surface area contributed by atoms with Crippen LogP contribution in [0, 0.1) is 10.1 Å². The number of hydrogen-bond donors (Lipinski definition) is 0. The maximum atomic E-state index is 10.7. The van der Waals surface area contributed by atoms with Gasteiger partial charge in [-0.3, -0.25) is 0 Å². The molecule has 6 heteroatoms. The van der Waals surface area contributed by atoms with Gasteiger partial charge >= 0.3 is 5.95 Å². The molecule has 15 heavy (non-hydrogen) atoms. The molecule has 1 saturated carbocycles. The Hall–Kier alpha value is -1.43. The highest BCUT2D eigenvalue weighted by Gasteiger charge is 2.50. The smallest absolute Gasteiger partial charge is 0.390 e. The molecule has 3 atom stereocenters. The third-order valence-corrected chi connectivity index (χ3v) is 3.16. The lowest BCUT2D eigenvalue weighted by Crippen LogP contribution is -2.21. The van der Waals surface area contributed by atoms with Crippen LogP contribution in [0.2, 0.25) is 0 Å². The minimum atomic E-state index is -0.438. The van der Waals surface area contributed by atoms with Crippen LogP contribution >= 0.6 is 0 Å². The number of fused-ring (bicyclic) bond motifs is 1. The molecule has 3 rings (SSSR count). The third-order valence-electron chi connectivity index (χ3n) is 3.16. The van der Waals surface area contributed by atoms with E-state index < -0.39 is 4.92 Å². The lowest BCUT2D eigenvalue weighted by atomic mass is 9.95. The number of hydrogen-bond acceptors (Lipinski definition) is 4. The van der Waals surface area contributed by atoms with Crippen LogP contribution in [0.3, 0.4) is 0 Å². The lowest BCUT2D eigenvalue weighted by Gasteiger charge is -2.16. The third kappa shape index (κ3) is 1.32. The van der Waals surface area contributed by atoms with Crippen LogP contribution in [0.25, 0.3) is 0 Å². The fourth-order valence-corrected chi connectivity index (χ4v) is 2.42. The summed E-state index contributed by atoms with van der Waals surface area (Å²) in [7, 11) is 0. The van der Waals surface area contributed by atoms with Gasteiger partial charge in [-0.2, -0.15) is 0 Å². The molecule has 0 N–H and O–H groups in total. The number of rotatable bonds is 2. The quantitative estimate of drug-likeness (QED) is 0.418. The molecule has 1 aliphatic carbocycles. The van der Waals surface area contributed by atoms with Crippen molar-refractivity contribution in [3.8, 4) is 0 Å². The maximum absolute atomic E-state index is 10.7. The summed E-state index contributed by atoms with van der Waals surface area (Å²) in [5.41, 5.74) is 0. The summed E-state index contributed by atoms with van der Waals surface area (Å²) in [5.74, 6) is -0.0730. The van der Waals surface area contributed by atoms with E-state index in [0.717, 1.165) is 19.3 Å². The van der Waals surface area contributed by atoms with E-state index in [1.165, 1.54) is 6.20 Å². The minimum Gasteiger partial charge on any atom is -0.390 e. The van der Waals surface area contributed by atoms with E-state index in [9.17, 15) is 10.1 Å². The molecule has 2 fully saturated rings. The van der Waals surface area contributed by atoms with Gasteiger partial charge in [-0.15, -0.1) is 0 Å². The van der Waals surface area contributed by atoms with Crippen molar-refractivity contribution in [2.24, 2.45) is 0 Å². The first-order valence-corrected chi connectivity index (χ1v) is 5.10. The predicted octanol–water partition coefficient (Wildman–Crippen LogP) is 1.28. The van der Waals surface area contributed by atoms with Crippen molar-refractivity contribution in [1.29, 1.82) is 0 Å². The number of epoxide rings is 1. The fourth-order valence-electron chi connectivity index (χ4n) is 2.42. The molecule has 0 unspecified atom stereocenters. The Labute approximate surface area is 86.0 Å². The summed E-state index contributed by atoms with van der Waals surface area (Å²) in [6.45, 7) is 0. The standard InChI is InChI=1S/C9H11N3O3/c13-12(14)9-10-4-5-11(9)6-2-1-3-7-8(6)15-7/h4-8H,1-3H2/t6-,7-,8+/m0/s1. The molecule has 2 heterocycles. The molecular formula is C9H11N3O3. The van der Waals surface area contributed by atoms with Crippen molar-refractivity contribution in [3.05, 3.63) is 22.5 Å². The summed E-state index contributed by atoms with van der Waals surface area (Å²) < 4.78 is 7.12. The van der Waals surface area contributed by atoms with Crippen LogP contribution in [0.15, 0.2) is 12.4 Å². The van der Waals surface area contributed by atoms with Crippen molar-refractivity contribution in [2.75, 3.05) is 0 Å². The number of aromatic nitrogens is 2. The van der Waals surface area contributed by atoms with Gasteiger partial charge in [-0.05, 0) is 24.2 Å². The topological polar surface area (TPSA) is 73.5 Å². The highest BCUT2D eigenvalue weighted by Crippen LogP contribution is 2.44. The first-order valence-electron chi connectivity index (χ1n) is 5.10. The summed E-state index contributed by atoms with van der Waals surface area (Å²) in [4.78, 5) is 14.0. The van der Waals surface area contributed by atoms with Gasteiger partial charge in [0.05, 0.1) is 6.10 Å². The van der Waals surface area contributed by atoms with Crippen LogP contribution in [-0.4, -0.2) is 26.7 Å². The van der Waals surface area contributed by atoms with Crippen molar-refractivity contribution in [3.63, 3.8) is 0 Å². The summed E-state index contributed by atoms with van der Waals surface area (Å²) in [6.07, 6.45) is 6.75. The van der Waals surface area contributed by atoms with Gasteiger partial charge in [-0.25, -0.2) is 4.57 Å². The largest absolute Gasteiger partial charge is 0.434 e. The van der Waals surface area contributed by atoms with Crippen LogP contribution < -0.4 is 0 Å². The van der Waals surface area contributed by atoms with Crippen LogP contribution in [0.5, 0.6) is 0 Å². The van der Waals surface area contributed by atoms with E-state index in [2.05, 4.69) is 4.98 Å². The Morgan fingerprint density at radius 2 is 2.47 bits per heavy atom. The minimum absolute atomic E-state index is 0.0730. The second-order valence-electron chi connectivity index (χ2n) is 4.03. The van der Waals surface area contributed by atoms with Crippen LogP contribution in [0.4, 0.5) is 5.95 Å². The summed E-state index contributed by atoms with van der Waals surface area (Å²) in [5, 5.41) is 10.7. The van der Waals surface area contributed by atoms with Crippen LogP contribution in [0.1, 0.15) is 25.3 Å². The van der Waals surface area contributed by atoms with Crippen molar-refractivity contribution in [2.45, 2.75) is 37.5 Å². The number of ether oxygens (including phenoxy) is 1. The van der Waals surface area contributed by atoms with Gasteiger partial charge in [0.1, 0.15) is 24.5 Å². The SMILES string of the molecule is O=[N+]([O-])c1nccn1[C@H]1CCC[C@@H]2O[C@@H]21. The molecule has 6 nitrogen and oxygen atoms in total. The highest BCUT2D eigenvalue weighted by atomic mass is 16.6. The average molecular weight is 209 g/mol. The van der Waals surface area contributed by atoms with Crippen molar-refractivity contribution >= 4 is 5.95 Å². The Bertz CT molecular complexity index is 403. The van der Waals surface area contributed by atoms with Crippen molar-refractivity contribution < 1.29 is 9.66 Å². The molecule has 2 aliphatic rings. The number of nitrogens with zero attached hydrogens (tertiary/aromatic N) is 3. The van der Waals surface area contributed by atoms with E-state index in [4.69, 9.17) is 4.74 Å². The number of nitro groups is 1. The van der Waals surface area contributed by atoms with Crippen LogP contribution in [-0.2, 0) is 4.74 Å². The van der Waals surface area contributed by atoms with Gasteiger partial charge in [0.25, 0.3) is 0 Å². The first-order chi connectivity index (χ1) is 7.27. The maximum Gasteiger partial charge on any atom is 0.434 e. The summed E-state index contributed by atoms with van der Waals surface area (Å²) >= 11 is 0. The molecule has 1 aromatic rings. The molecule has 80 valence electrons. The Morgan fingerprint density at radius 3 is 3.27 bits per heavy atom. The molecule has 0 bridgehead atoms. The second-order valence-corrected chi connectivity index (χ2v) is 4.03. The zero-order chi connectivity index (χ0) is 10.4. The Balaban J connectivity index is 1.91. The molecule has 0 amide bonds. The molecular weight excluding hydrogens is 198 g/mol. The van der Waals surface area contributed by atoms with E-state index in [-0.39, 0.29) is 18.1 Å². The van der Waals surface area contributed by atoms with Gasteiger partial charge < -0.3 is 14.9 Å². The zero-order valence-corrected chi connectivity index (χ0v) is 8.07. The van der Waals surface area contributed by atoms with Crippen molar-refractivity contribution in [1.82, 2.24) is 9.55 Å². The highest BCUT2D eigenvalue weighted by molar-refractivity contribution is 5.12. The first kappa shape index (κ1) is 8.84. The average Bonchev–Trinajstić information content (AvgIpc) is 2.84. The molecule has 0 aromatic carbocycles. The Kier molecular flexibility index (Phi) is 1.79. The van der Waals surface area contributed by atoms with Gasteiger partial charge in [0.15, 0.2) is 0 Å². The normalized spacial score (nSPS) is 33.5. The molecule has 1 aromatic heterocycles. The summed E-state index contributed by atoms with van der Waals surface area (Å²) in [6, 6.07) is 0.103. The van der Waals surface area contributed by atoms with Gasteiger partial charge in [0.2, 0.25) is 0 Å². The van der Waals surface area contributed by atoms with E-state index in [1.54, 1.807) is 10.8 Å².